The molecule has 2 amide bonds. The molecule has 4 aromatic rings. The van der Waals surface area contributed by atoms with E-state index in [0.717, 1.165) is 4.90 Å². The lowest BCUT2D eigenvalue weighted by Gasteiger charge is -2.06. The zero-order valence-corrected chi connectivity index (χ0v) is 20.6. The number of H-pyrrole nitrogens is 1. The number of aromatic amines is 1. The smallest absolute Gasteiger partial charge is 0.267 e. The lowest BCUT2D eigenvalue weighted by molar-refractivity contribution is -0.117. The number of aryl methyl sites for hydroxylation is 3. The van der Waals surface area contributed by atoms with Crippen LogP contribution >= 0.6 is 34.4 Å². The van der Waals surface area contributed by atoms with Crippen molar-refractivity contribution in [3.8, 4) is 0 Å². The van der Waals surface area contributed by atoms with Crippen LogP contribution in [0.15, 0.2) is 33.3 Å². The number of thiophene rings is 1. The number of thiazole rings is 1. The van der Waals surface area contributed by atoms with Crippen molar-refractivity contribution in [2.45, 2.75) is 37.8 Å². The molecule has 0 saturated carbocycles. The largest absolute Gasteiger partial charge is 0.369 e. The van der Waals surface area contributed by atoms with Crippen molar-refractivity contribution in [1.29, 1.82) is 0 Å². The van der Waals surface area contributed by atoms with Crippen molar-refractivity contribution in [3.05, 3.63) is 67.0 Å². The summed E-state index contributed by atoms with van der Waals surface area (Å²) in [5.74, 6) is 0.203. The number of nitrogens with one attached hydrogen (secondary N) is 2. The quantitative estimate of drug-likeness (QED) is 0.330. The van der Waals surface area contributed by atoms with E-state index in [-0.39, 0.29) is 17.9 Å². The van der Waals surface area contributed by atoms with Gasteiger partial charge in [-0.2, -0.15) is 0 Å². The first-order valence-corrected chi connectivity index (χ1v) is 12.7. The van der Waals surface area contributed by atoms with E-state index in [1.165, 1.54) is 33.8 Å². The van der Waals surface area contributed by atoms with Gasteiger partial charge in [0.05, 0.1) is 28.1 Å². The summed E-state index contributed by atoms with van der Waals surface area (Å²) in [5, 5.41) is 5.18. The fourth-order valence-corrected chi connectivity index (χ4v) is 6.06. The van der Waals surface area contributed by atoms with Gasteiger partial charge in [0, 0.05) is 10.3 Å². The number of hydrogen-bond donors (Lipinski definition) is 3. The van der Waals surface area contributed by atoms with E-state index >= 15 is 0 Å². The molecule has 3 aromatic heterocycles. The third kappa shape index (κ3) is 5.15. The molecule has 0 spiro atoms. The number of thioether (sulfide) groups is 1. The van der Waals surface area contributed by atoms with Crippen LogP contribution in [0.25, 0.3) is 10.2 Å². The third-order valence-electron chi connectivity index (χ3n) is 4.89. The zero-order chi connectivity index (χ0) is 23.7. The fourth-order valence-electron chi connectivity index (χ4n) is 3.26. The van der Waals surface area contributed by atoms with E-state index < -0.39 is 5.91 Å². The molecule has 0 radical (unpaired) electrons. The third-order valence-corrected chi connectivity index (χ3v) is 8.05. The molecule has 0 saturated heterocycles. The van der Waals surface area contributed by atoms with E-state index in [1.807, 2.05) is 13.8 Å². The summed E-state index contributed by atoms with van der Waals surface area (Å²) in [6.45, 7) is 5.82. The Morgan fingerprint density at radius 2 is 2.00 bits per heavy atom. The molecule has 1 aromatic carbocycles. The number of carbonyl (C=O) groups excluding carboxylic acids is 2. The average Bonchev–Trinajstić information content (AvgIpc) is 3.32. The molecule has 0 unspecified atom stereocenters. The number of nitrogens with zero attached hydrogens (tertiary/aromatic N) is 2. The van der Waals surface area contributed by atoms with Crippen molar-refractivity contribution in [2.75, 3.05) is 5.32 Å². The van der Waals surface area contributed by atoms with Gasteiger partial charge in [-0.1, -0.05) is 17.7 Å². The molecular weight excluding hydrogens is 478 g/mol. The van der Waals surface area contributed by atoms with E-state index in [9.17, 15) is 14.4 Å². The molecule has 0 fully saturated rings. The van der Waals surface area contributed by atoms with Crippen LogP contribution in [0.1, 0.15) is 37.9 Å². The Labute approximate surface area is 201 Å². The van der Waals surface area contributed by atoms with Crippen LogP contribution in [-0.2, 0) is 17.0 Å². The Bertz CT molecular complexity index is 1440. The summed E-state index contributed by atoms with van der Waals surface area (Å²) in [7, 11) is 0. The SMILES string of the molecule is Cc1ccc(C)c(SCc2nc3sc(C(=O)Nc4nc(CC(N)=O)cs4)c(C)c3c(=O)[nH]2)c1. The summed E-state index contributed by atoms with van der Waals surface area (Å²) in [4.78, 5) is 50.4. The minimum absolute atomic E-state index is 0.0104. The van der Waals surface area contributed by atoms with Gasteiger partial charge in [-0.15, -0.1) is 34.4 Å². The van der Waals surface area contributed by atoms with Crippen molar-refractivity contribution in [3.63, 3.8) is 0 Å². The molecule has 0 aliphatic carbocycles. The molecule has 3 heterocycles. The predicted molar refractivity (Wildman–Crippen MR) is 133 cm³/mol. The van der Waals surface area contributed by atoms with Gasteiger partial charge >= 0.3 is 0 Å². The fraction of sp³-hybridized carbons (Fsp3) is 0.227. The number of rotatable bonds is 7. The molecule has 0 aliphatic rings. The van der Waals surface area contributed by atoms with Crippen molar-refractivity contribution < 1.29 is 9.59 Å². The number of primary amides is 1. The van der Waals surface area contributed by atoms with Gasteiger partial charge in [0.1, 0.15) is 10.7 Å². The van der Waals surface area contributed by atoms with Gasteiger partial charge in [-0.05, 0) is 38.0 Å². The molecular formula is C22H21N5O3S3. The van der Waals surface area contributed by atoms with Crippen molar-refractivity contribution >= 4 is 61.6 Å². The monoisotopic (exact) mass is 499 g/mol. The number of nitrogens with two attached hydrogens (primary N) is 1. The highest BCUT2D eigenvalue weighted by Crippen LogP contribution is 2.30. The highest BCUT2D eigenvalue weighted by Gasteiger charge is 2.20. The first kappa shape index (κ1) is 23.1. The number of aromatic nitrogens is 3. The van der Waals surface area contributed by atoms with Gasteiger partial charge < -0.3 is 10.7 Å². The Balaban J connectivity index is 1.56. The first-order chi connectivity index (χ1) is 15.7. The van der Waals surface area contributed by atoms with Crippen molar-refractivity contribution in [1.82, 2.24) is 15.0 Å². The normalized spacial score (nSPS) is 11.1. The number of amides is 2. The number of benzene rings is 1. The highest BCUT2D eigenvalue weighted by molar-refractivity contribution is 7.98. The second-order valence-electron chi connectivity index (χ2n) is 7.55. The maximum atomic E-state index is 12.8. The van der Waals surface area contributed by atoms with Crippen LogP contribution < -0.4 is 16.6 Å². The topological polar surface area (TPSA) is 131 Å². The number of fused-ring (bicyclic) bond motifs is 1. The van der Waals surface area contributed by atoms with Gasteiger partial charge in [0.25, 0.3) is 11.5 Å². The number of anilines is 1. The Morgan fingerprint density at radius 1 is 1.21 bits per heavy atom. The molecule has 8 nitrogen and oxygen atoms in total. The van der Waals surface area contributed by atoms with E-state index in [4.69, 9.17) is 5.73 Å². The lowest BCUT2D eigenvalue weighted by Crippen LogP contribution is -2.15. The molecule has 33 heavy (non-hydrogen) atoms. The van der Waals surface area contributed by atoms with Gasteiger partial charge in [-0.25, -0.2) is 9.97 Å². The molecule has 0 atom stereocenters. The lowest BCUT2D eigenvalue weighted by atomic mass is 10.2. The van der Waals surface area contributed by atoms with Crippen LogP contribution in [0.4, 0.5) is 5.13 Å². The Morgan fingerprint density at radius 3 is 2.76 bits per heavy atom. The van der Waals surface area contributed by atoms with Crippen LogP contribution in [0.5, 0.6) is 0 Å². The Kier molecular flexibility index (Phi) is 6.63. The molecule has 11 heteroatoms. The predicted octanol–water partition coefficient (Wildman–Crippen LogP) is 3.94. The number of hydrogen-bond acceptors (Lipinski definition) is 8. The van der Waals surface area contributed by atoms with Gasteiger partial charge in [-0.3, -0.25) is 19.7 Å². The zero-order valence-electron chi connectivity index (χ0n) is 18.1. The standard InChI is InChI=1S/C22H21N5O3S3/c1-10-4-5-11(2)14(6-10)31-9-16-25-19(29)17-12(3)18(33-21(17)26-16)20(30)27-22-24-13(8-32-22)7-15(23)28/h4-6,8H,7,9H2,1-3H3,(H2,23,28)(H,24,27,30)(H,25,26,29). The Hall–Kier alpha value is -3.02. The maximum absolute atomic E-state index is 12.8. The molecule has 170 valence electrons. The summed E-state index contributed by atoms with van der Waals surface area (Å²) in [5.41, 5.74) is 8.33. The minimum Gasteiger partial charge on any atom is -0.369 e. The van der Waals surface area contributed by atoms with Crippen LogP contribution in [-0.4, -0.2) is 26.8 Å². The van der Waals surface area contributed by atoms with Gasteiger partial charge in [0.15, 0.2) is 5.13 Å². The number of carbonyl (C=O) groups is 2. The van der Waals surface area contributed by atoms with Crippen molar-refractivity contribution in [2.24, 2.45) is 5.73 Å². The second-order valence-corrected chi connectivity index (χ2v) is 10.4. The molecule has 0 aliphatic heterocycles. The minimum atomic E-state index is -0.490. The molecule has 4 rings (SSSR count). The van der Waals surface area contributed by atoms with E-state index in [2.05, 4.69) is 38.5 Å². The van der Waals surface area contributed by atoms with E-state index in [1.54, 1.807) is 24.1 Å². The first-order valence-electron chi connectivity index (χ1n) is 9.97. The highest BCUT2D eigenvalue weighted by atomic mass is 32.2. The maximum Gasteiger partial charge on any atom is 0.267 e. The summed E-state index contributed by atoms with van der Waals surface area (Å²) in [6, 6.07) is 6.25. The second kappa shape index (κ2) is 9.46. The van der Waals surface area contributed by atoms with Crippen LogP contribution in [0.2, 0.25) is 0 Å². The molecule has 4 N–H and O–H groups in total. The summed E-state index contributed by atoms with van der Waals surface area (Å²) >= 11 is 3.99. The average molecular weight is 500 g/mol. The van der Waals surface area contributed by atoms with Crippen LogP contribution in [0.3, 0.4) is 0 Å². The molecule has 0 bridgehead atoms. The summed E-state index contributed by atoms with van der Waals surface area (Å²) in [6.07, 6.45) is 0.0104. The summed E-state index contributed by atoms with van der Waals surface area (Å²) < 4.78 is 0. The van der Waals surface area contributed by atoms with E-state index in [0.29, 0.717) is 43.1 Å². The van der Waals surface area contributed by atoms with Crippen LogP contribution in [0, 0.1) is 20.8 Å². The van der Waals surface area contributed by atoms with Gasteiger partial charge in [0.2, 0.25) is 5.91 Å².